The van der Waals surface area contributed by atoms with Crippen molar-refractivity contribution in [1.29, 1.82) is 0 Å². The average molecular weight is 463 g/mol. The number of carbonyl (C=O) groups excluding carboxylic acids is 1. The average Bonchev–Trinajstić information content (AvgIpc) is 2.83. The Labute approximate surface area is 189 Å². The minimum Gasteiger partial charge on any atom is -0.497 e. The smallest absolute Gasteiger partial charge is 0.315 e. The van der Waals surface area contributed by atoms with Crippen LogP contribution in [0.15, 0.2) is 48.5 Å². The molecule has 0 atom stereocenters. The number of methoxy groups -OCH3 is 2. The van der Waals surface area contributed by atoms with E-state index >= 15 is 0 Å². The van der Waals surface area contributed by atoms with E-state index in [1.54, 1.807) is 14.2 Å². The van der Waals surface area contributed by atoms with Gasteiger partial charge in [-0.05, 0) is 42.0 Å². The molecule has 0 spiro atoms. The van der Waals surface area contributed by atoms with Gasteiger partial charge in [-0.1, -0.05) is 12.1 Å². The molecule has 0 saturated carbocycles. The van der Waals surface area contributed by atoms with Gasteiger partial charge in [-0.2, -0.15) is 4.31 Å². The molecule has 0 aliphatic carbocycles. The minimum atomic E-state index is -3.44. The van der Waals surface area contributed by atoms with Crippen molar-refractivity contribution in [3.63, 3.8) is 0 Å². The maximum absolute atomic E-state index is 12.6. The van der Waals surface area contributed by atoms with Gasteiger partial charge >= 0.3 is 6.03 Å². The number of hydrogen-bond acceptors (Lipinski definition) is 6. The van der Waals surface area contributed by atoms with Gasteiger partial charge in [0, 0.05) is 45.0 Å². The van der Waals surface area contributed by atoms with E-state index in [2.05, 4.69) is 15.5 Å². The highest BCUT2D eigenvalue weighted by molar-refractivity contribution is 7.89. The normalized spacial score (nSPS) is 14.6. The van der Waals surface area contributed by atoms with Crippen molar-refractivity contribution in [2.75, 3.05) is 57.6 Å². The van der Waals surface area contributed by atoms with Crippen molar-refractivity contribution in [1.82, 2.24) is 14.9 Å². The van der Waals surface area contributed by atoms with Gasteiger partial charge < -0.3 is 25.0 Å². The first-order chi connectivity index (χ1) is 15.4. The molecule has 3 rings (SSSR count). The zero-order valence-corrected chi connectivity index (χ0v) is 19.2. The molecular formula is C22H30N4O5S. The topological polar surface area (TPSA) is 100 Å². The van der Waals surface area contributed by atoms with Crippen molar-refractivity contribution < 1.29 is 22.7 Å². The quantitative estimate of drug-likeness (QED) is 0.588. The summed E-state index contributed by atoms with van der Waals surface area (Å²) in [6.07, 6.45) is 0. The van der Waals surface area contributed by atoms with Gasteiger partial charge in [0.1, 0.15) is 11.5 Å². The number of nitrogens with one attached hydrogen (secondary N) is 2. The van der Waals surface area contributed by atoms with Crippen molar-refractivity contribution in [2.24, 2.45) is 0 Å². The lowest BCUT2D eigenvalue weighted by atomic mass is 10.2. The molecule has 1 fully saturated rings. The minimum absolute atomic E-state index is 0.0511. The monoisotopic (exact) mass is 462 g/mol. The van der Waals surface area contributed by atoms with Gasteiger partial charge in [-0.25, -0.2) is 13.2 Å². The van der Waals surface area contributed by atoms with E-state index in [1.165, 1.54) is 4.31 Å². The number of benzene rings is 2. The summed E-state index contributed by atoms with van der Waals surface area (Å²) >= 11 is 0. The number of nitrogens with zero attached hydrogens (tertiary/aromatic N) is 2. The van der Waals surface area contributed by atoms with Crippen LogP contribution in [0.1, 0.15) is 5.56 Å². The second-order valence-electron chi connectivity index (χ2n) is 7.36. The number of hydrogen-bond donors (Lipinski definition) is 2. The number of ether oxygens (including phenoxy) is 2. The first-order valence-electron chi connectivity index (χ1n) is 10.4. The Bertz CT molecular complexity index is 972. The fourth-order valence-electron chi connectivity index (χ4n) is 3.43. The molecule has 2 amide bonds. The summed E-state index contributed by atoms with van der Waals surface area (Å²) < 4.78 is 37.0. The molecule has 32 heavy (non-hydrogen) atoms. The lowest BCUT2D eigenvalue weighted by Crippen LogP contribution is -2.50. The Morgan fingerprint density at radius 3 is 2.00 bits per heavy atom. The summed E-state index contributed by atoms with van der Waals surface area (Å²) in [4.78, 5) is 14.1. The molecular weight excluding hydrogens is 432 g/mol. The predicted octanol–water partition coefficient (Wildman–Crippen LogP) is 1.66. The summed E-state index contributed by atoms with van der Waals surface area (Å²) in [5.41, 5.74) is 1.96. The van der Waals surface area contributed by atoms with Crippen LogP contribution in [0.4, 0.5) is 10.5 Å². The van der Waals surface area contributed by atoms with Gasteiger partial charge in [-0.3, -0.25) is 0 Å². The Morgan fingerprint density at radius 1 is 0.875 bits per heavy atom. The Hall–Kier alpha value is -2.98. The molecule has 0 unspecified atom stereocenters. The molecule has 1 aliphatic rings. The molecule has 1 heterocycles. The molecule has 2 aromatic carbocycles. The van der Waals surface area contributed by atoms with E-state index in [-0.39, 0.29) is 12.3 Å². The largest absolute Gasteiger partial charge is 0.497 e. The Morgan fingerprint density at radius 2 is 1.44 bits per heavy atom. The van der Waals surface area contributed by atoms with Crippen molar-refractivity contribution in [2.45, 2.75) is 6.54 Å². The van der Waals surface area contributed by atoms with Crippen molar-refractivity contribution in [3.05, 3.63) is 54.1 Å². The summed E-state index contributed by atoms with van der Waals surface area (Å²) in [5.74, 6) is 1.40. The number of amides is 2. The number of rotatable bonds is 9. The molecule has 0 aromatic heterocycles. The van der Waals surface area contributed by atoms with Crippen LogP contribution in [0.2, 0.25) is 0 Å². The van der Waals surface area contributed by atoms with Crippen LogP contribution in [0.5, 0.6) is 11.5 Å². The molecule has 2 aromatic rings. The molecule has 9 nitrogen and oxygen atoms in total. The lowest BCUT2D eigenvalue weighted by Gasteiger charge is -2.35. The second kappa shape index (κ2) is 11.1. The third-order valence-corrected chi connectivity index (χ3v) is 7.20. The van der Waals surface area contributed by atoms with Gasteiger partial charge in [0.25, 0.3) is 0 Å². The summed E-state index contributed by atoms with van der Waals surface area (Å²) in [5, 5.41) is 5.33. The number of sulfonamides is 1. The zero-order valence-electron chi connectivity index (χ0n) is 18.4. The molecule has 10 heteroatoms. The van der Waals surface area contributed by atoms with E-state index in [0.717, 1.165) is 22.7 Å². The number of urea groups is 1. The predicted molar refractivity (Wildman–Crippen MR) is 124 cm³/mol. The van der Waals surface area contributed by atoms with Gasteiger partial charge in [0.15, 0.2) is 0 Å². The molecule has 174 valence electrons. The van der Waals surface area contributed by atoms with Gasteiger partial charge in [0.05, 0.1) is 20.0 Å². The van der Waals surface area contributed by atoms with Crippen LogP contribution in [-0.4, -0.2) is 71.5 Å². The van der Waals surface area contributed by atoms with Crippen LogP contribution in [0.25, 0.3) is 0 Å². The third-order valence-electron chi connectivity index (χ3n) is 5.33. The number of carbonyl (C=O) groups is 1. The first-order valence-corrected chi connectivity index (χ1v) is 12.0. The second-order valence-corrected chi connectivity index (χ2v) is 9.45. The molecule has 0 radical (unpaired) electrons. The van der Waals surface area contributed by atoms with E-state index in [0.29, 0.717) is 32.7 Å². The summed E-state index contributed by atoms with van der Waals surface area (Å²) in [7, 11) is -0.224. The van der Waals surface area contributed by atoms with E-state index in [1.807, 2.05) is 48.5 Å². The summed E-state index contributed by atoms with van der Waals surface area (Å²) in [6.45, 7) is 2.45. The molecule has 0 bridgehead atoms. The third kappa shape index (κ3) is 6.51. The van der Waals surface area contributed by atoms with Crippen molar-refractivity contribution in [3.8, 4) is 11.5 Å². The first kappa shape index (κ1) is 23.7. The highest BCUT2D eigenvalue weighted by atomic mass is 32.2. The Balaban J connectivity index is 1.38. The van der Waals surface area contributed by atoms with Crippen molar-refractivity contribution >= 4 is 21.7 Å². The van der Waals surface area contributed by atoms with Crippen LogP contribution >= 0.6 is 0 Å². The maximum atomic E-state index is 12.6. The van der Waals surface area contributed by atoms with Crippen LogP contribution in [-0.2, 0) is 16.6 Å². The van der Waals surface area contributed by atoms with E-state index < -0.39 is 16.1 Å². The number of piperazine rings is 1. The molecule has 2 N–H and O–H groups in total. The molecule has 1 aliphatic heterocycles. The van der Waals surface area contributed by atoms with Crippen LogP contribution < -0.4 is 25.0 Å². The Kier molecular flexibility index (Phi) is 8.18. The lowest BCUT2D eigenvalue weighted by molar-refractivity contribution is 0.241. The highest BCUT2D eigenvalue weighted by Crippen LogP contribution is 2.21. The fourth-order valence-corrected chi connectivity index (χ4v) is 4.77. The standard InChI is InChI=1S/C22H30N4O5S/c1-30-20-7-3-18(4-8-20)17-24-22(27)23-11-16-32(28,29)26-14-12-25(13-15-26)19-5-9-21(31-2)10-6-19/h3-10H,11-17H2,1-2H3,(H2,23,24,27). The van der Waals surface area contributed by atoms with Crippen LogP contribution in [0.3, 0.4) is 0 Å². The van der Waals surface area contributed by atoms with Gasteiger partial charge in [0.2, 0.25) is 10.0 Å². The van der Waals surface area contributed by atoms with Gasteiger partial charge in [-0.15, -0.1) is 0 Å². The van der Waals surface area contributed by atoms with Crippen LogP contribution in [0, 0.1) is 0 Å². The van der Waals surface area contributed by atoms with E-state index in [9.17, 15) is 13.2 Å². The SMILES string of the molecule is COc1ccc(CNC(=O)NCCS(=O)(=O)N2CCN(c3ccc(OC)cc3)CC2)cc1. The highest BCUT2D eigenvalue weighted by Gasteiger charge is 2.26. The maximum Gasteiger partial charge on any atom is 0.315 e. The summed E-state index contributed by atoms with van der Waals surface area (Å²) in [6, 6.07) is 14.7. The molecule has 1 saturated heterocycles. The zero-order chi connectivity index (χ0) is 23.0. The van der Waals surface area contributed by atoms with E-state index in [4.69, 9.17) is 9.47 Å². The fraction of sp³-hybridized carbons (Fsp3) is 0.409. The number of anilines is 1.